The van der Waals surface area contributed by atoms with E-state index in [1.165, 1.54) is 12.1 Å². The second-order valence-corrected chi connectivity index (χ2v) is 9.80. The lowest BCUT2D eigenvalue weighted by Gasteiger charge is -2.18. The van der Waals surface area contributed by atoms with Gasteiger partial charge in [-0.05, 0) is 37.1 Å². The smallest absolute Gasteiger partial charge is 0.253 e. The number of rotatable bonds is 8. The molecule has 1 fully saturated rings. The Hall–Kier alpha value is -2.68. The molecule has 7 nitrogen and oxygen atoms in total. The SMILES string of the molecule is CCc1oc2ccccc2c1CN(C)C(=O)c1cccc(S(=O)(=O)NCC2CCCO2)c1. The highest BCUT2D eigenvalue weighted by molar-refractivity contribution is 7.89. The molecule has 1 aliphatic rings. The van der Waals surface area contributed by atoms with Gasteiger partial charge in [-0.25, -0.2) is 13.1 Å². The maximum absolute atomic E-state index is 13.1. The Balaban J connectivity index is 1.51. The summed E-state index contributed by atoms with van der Waals surface area (Å²) >= 11 is 0. The van der Waals surface area contributed by atoms with Gasteiger partial charge in [-0.3, -0.25) is 4.79 Å². The molecule has 2 heterocycles. The average Bonchev–Trinajstić information content (AvgIpc) is 3.45. The van der Waals surface area contributed by atoms with Crippen molar-refractivity contribution in [3.05, 3.63) is 65.4 Å². The van der Waals surface area contributed by atoms with Gasteiger partial charge >= 0.3 is 0 Å². The van der Waals surface area contributed by atoms with Crippen LogP contribution >= 0.6 is 0 Å². The molecule has 1 atom stereocenters. The fourth-order valence-corrected chi connectivity index (χ4v) is 5.14. The Kier molecular flexibility index (Phi) is 6.64. The Bertz CT molecular complexity index is 1210. The Morgan fingerprint density at radius 3 is 2.75 bits per heavy atom. The molecule has 1 aliphatic heterocycles. The standard InChI is InChI=1S/C24H28N2O5S/c1-3-22-21(20-11-4-5-12-23(20)31-22)16-26(2)24(27)17-8-6-10-19(14-17)32(28,29)25-15-18-9-7-13-30-18/h4-6,8,10-12,14,18,25H,3,7,9,13,15-16H2,1-2H3. The van der Waals surface area contributed by atoms with E-state index in [4.69, 9.17) is 9.15 Å². The molecule has 1 N–H and O–H groups in total. The van der Waals surface area contributed by atoms with E-state index in [2.05, 4.69) is 4.72 Å². The van der Waals surface area contributed by atoms with E-state index in [9.17, 15) is 13.2 Å². The lowest BCUT2D eigenvalue weighted by atomic mass is 10.1. The van der Waals surface area contributed by atoms with Gasteiger partial charge in [0.15, 0.2) is 0 Å². The Labute approximate surface area is 188 Å². The predicted molar refractivity (Wildman–Crippen MR) is 122 cm³/mol. The van der Waals surface area contributed by atoms with Gasteiger partial charge in [-0.15, -0.1) is 0 Å². The van der Waals surface area contributed by atoms with E-state index < -0.39 is 10.0 Å². The summed E-state index contributed by atoms with van der Waals surface area (Å²) < 4.78 is 39.4. The molecule has 1 saturated heterocycles. The first-order valence-electron chi connectivity index (χ1n) is 10.8. The molecule has 0 spiro atoms. The molecule has 0 bridgehead atoms. The molecule has 4 rings (SSSR count). The number of sulfonamides is 1. The highest BCUT2D eigenvalue weighted by atomic mass is 32.2. The largest absolute Gasteiger partial charge is 0.461 e. The number of aryl methyl sites for hydroxylation is 1. The monoisotopic (exact) mass is 456 g/mol. The van der Waals surface area contributed by atoms with Crippen LogP contribution in [0.2, 0.25) is 0 Å². The van der Waals surface area contributed by atoms with Crippen molar-refractivity contribution < 1.29 is 22.4 Å². The number of para-hydroxylation sites is 1. The van der Waals surface area contributed by atoms with Crippen LogP contribution in [-0.4, -0.2) is 45.5 Å². The van der Waals surface area contributed by atoms with Crippen LogP contribution in [-0.2, 0) is 27.7 Å². The molecule has 0 aliphatic carbocycles. The molecule has 0 saturated carbocycles. The van der Waals surface area contributed by atoms with E-state index >= 15 is 0 Å². The van der Waals surface area contributed by atoms with Gasteiger partial charge in [0.05, 0.1) is 11.0 Å². The number of carbonyl (C=O) groups is 1. The number of benzene rings is 2. The minimum atomic E-state index is -3.73. The van der Waals surface area contributed by atoms with Crippen molar-refractivity contribution in [3.63, 3.8) is 0 Å². The van der Waals surface area contributed by atoms with Crippen molar-refractivity contribution >= 4 is 26.9 Å². The topological polar surface area (TPSA) is 88.9 Å². The number of nitrogens with zero attached hydrogens (tertiary/aromatic N) is 1. The van der Waals surface area contributed by atoms with Crippen LogP contribution in [0.4, 0.5) is 0 Å². The number of nitrogens with one attached hydrogen (secondary N) is 1. The first-order chi connectivity index (χ1) is 15.4. The number of hydrogen-bond acceptors (Lipinski definition) is 5. The van der Waals surface area contributed by atoms with E-state index in [1.54, 1.807) is 24.1 Å². The van der Waals surface area contributed by atoms with Crippen LogP contribution in [0.5, 0.6) is 0 Å². The average molecular weight is 457 g/mol. The summed E-state index contributed by atoms with van der Waals surface area (Å²) in [6, 6.07) is 13.9. The van der Waals surface area contributed by atoms with Crippen molar-refractivity contribution in [2.75, 3.05) is 20.2 Å². The highest BCUT2D eigenvalue weighted by Gasteiger charge is 2.23. The highest BCUT2D eigenvalue weighted by Crippen LogP contribution is 2.28. The zero-order valence-electron chi connectivity index (χ0n) is 18.3. The van der Waals surface area contributed by atoms with Crippen molar-refractivity contribution in [1.29, 1.82) is 0 Å². The summed E-state index contributed by atoms with van der Waals surface area (Å²) in [7, 11) is -2.03. The van der Waals surface area contributed by atoms with Crippen LogP contribution in [0, 0.1) is 0 Å². The summed E-state index contributed by atoms with van der Waals surface area (Å²) in [5.74, 6) is 0.592. The van der Waals surface area contributed by atoms with Gasteiger partial charge in [0.2, 0.25) is 10.0 Å². The zero-order chi connectivity index (χ0) is 22.7. The quantitative estimate of drug-likeness (QED) is 0.558. The van der Waals surface area contributed by atoms with Crippen molar-refractivity contribution in [3.8, 4) is 0 Å². The molecule has 3 aromatic rings. The summed E-state index contributed by atoms with van der Waals surface area (Å²) in [5.41, 5.74) is 2.09. The van der Waals surface area contributed by atoms with E-state index in [1.807, 2.05) is 31.2 Å². The zero-order valence-corrected chi connectivity index (χ0v) is 19.2. The molecule has 8 heteroatoms. The van der Waals surface area contributed by atoms with Crippen LogP contribution in [0.3, 0.4) is 0 Å². The number of ether oxygens (including phenoxy) is 1. The fourth-order valence-electron chi connectivity index (χ4n) is 4.03. The fraction of sp³-hybridized carbons (Fsp3) is 0.375. The minimum Gasteiger partial charge on any atom is -0.461 e. The van der Waals surface area contributed by atoms with E-state index in [0.29, 0.717) is 18.7 Å². The minimum absolute atomic E-state index is 0.0674. The van der Waals surface area contributed by atoms with Crippen molar-refractivity contribution in [1.82, 2.24) is 9.62 Å². The number of amides is 1. The predicted octanol–water partition coefficient (Wildman–Crippen LogP) is 3.72. The van der Waals surface area contributed by atoms with Crippen molar-refractivity contribution in [2.24, 2.45) is 0 Å². The maximum Gasteiger partial charge on any atom is 0.253 e. The third-order valence-electron chi connectivity index (χ3n) is 5.76. The van der Waals surface area contributed by atoms with Crippen molar-refractivity contribution in [2.45, 2.75) is 43.7 Å². The molecule has 1 aromatic heterocycles. The van der Waals surface area contributed by atoms with Crippen LogP contribution in [0.15, 0.2) is 57.8 Å². The lowest BCUT2D eigenvalue weighted by Crippen LogP contribution is -2.32. The molecule has 1 amide bonds. The van der Waals surface area contributed by atoms with Gasteiger partial charge in [0, 0.05) is 49.7 Å². The first-order valence-corrected chi connectivity index (χ1v) is 12.3. The van der Waals surface area contributed by atoms with Crippen LogP contribution in [0.25, 0.3) is 11.0 Å². The number of hydrogen-bond donors (Lipinski definition) is 1. The summed E-state index contributed by atoms with van der Waals surface area (Å²) in [6.45, 7) is 3.27. The van der Waals surface area contributed by atoms with Crippen LogP contribution < -0.4 is 4.72 Å². The van der Waals surface area contributed by atoms with Gasteiger partial charge in [0.25, 0.3) is 5.91 Å². The molecule has 1 unspecified atom stereocenters. The second-order valence-electron chi connectivity index (χ2n) is 8.03. The summed E-state index contributed by atoms with van der Waals surface area (Å²) in [6.07, 6.45) is 2.40. The molecular formula is C24H28N2O5S. The molecule has 2 aromatic carbocycles. The van der Waals surface area contributed by atoms with Gasteiger partial charge in [0.1, 0.15) is 11.3 Å². The first kappa shape index (κ1) is 22.5. The molecular weight excluding hydrogens is 428 g/mol. The van der Waals surface area contributed by atoms with Gasteiger partial charge in [-0.2, -0.15) is 0 Å². The van der Waals surface area contributed by atoms with E-state index in [-0.39, 0.29) is 23.5 Å². The second kappa shape index (κ2) is 9.44. The molecule has 170 valence electrons. The third kappa shape index (κ3) is 4.72. The number of furan rings is 1. The van der Waals surface area contributed by atoms with Gasteiger partial charge < -0.3 is 14.1 Å². The lowest BCUT2D eigenvalue weighted by molar-refractivity contribution is 0.0784. The summed E-state index contributed by atoms with van der Waals surface area (Å²) in [4.78, 5) is 14.8. The molecule has 32 heavy (non-hydrogen) atoms. The number of fused-ring (bicyclic) bond motifs is 1. The normalized spacial score (nSPS) is 16.5. The maximum atomic E-state index is 13.1. The van der Waals surface area contributed by atoms with E-state index in [0.717, 1.165) is 41.6 Å². The Morgan fingerprint density at radius 2 is 2.00 bits per heavy atom. The van der Waals surface area contributed by atoms with Gasteiger partial charge in [-0.1, -0.05) is 31.2 Å². The molecule has 0 radical (unpaired) electrons. The third-order valence-corrected chi connectivity index (χ3v) is 7.18. The number of carbonyl (C=O) groups excluding carboxylic acids is 1. The Morgan fingerprint density at radius 1 is 1.19 bits per heavy atom. The van der Waals surface area contributed by atoms with Crippen LogP contribution in [0.1, 0.15) is 41.4 Å². The summed E-state index contributed by atoms with van der Waals surface area (Å²) in [5, 5.41) is 0.985.